The number of benzene rings is 1. The van der Waals surface area contributed by atoms with Crippen LogP contribution in [0, 0.1) is 6.08 Å². The van der Waals surface area contributed by atoms with Crippen molar-refractivity contribution in [2.75, 3.05) is 37.4 Å². The summed E-state index contributed by atoms with van der Waals surface area (Å²) < 4.78 is 34.0. The zero-order valence-corrected chi connectivity index (χ0v) is 21.0. The van der Waals surface area contributed by atoms with Gasteiger partial charge >= 0.3 is 6.08 Å². The van der Waals surface area contributed by atoms with Crippen LogP contribution in [-0.2, 0) is 22.3 Å². The predicted octanol–water partition coefficient (Wildman–Crippen LogP) is 1.73. The van der Waals surface area contributed by atoms with Gasteiger partial charge in [-0.3, -0.25) is 0 Å². The first-order chi connectivity index (χ1) is 19.4. The van der Waals surface area contributed by atoms with Gasteiger partial charge in [0.1, 0.15) is 29.5 Å². The number of ether oxygens (including phenoxy) is 4. The Labute approximate surface area is 225 Å². The van der Waals surface area contributed by atoms with Crippen LogP contribution in [0.15, 0.2) is 30.0 Å². The van der Waals surface area contributed by atoms with E-state index in [0.717, 1.165) is 35.7 Å². The third-order valence-corrected chi connectivity index (χ3v) is 5.96. The average molecular weight is 550 g/mol. The molecule has 2 aliphatic heterocycles. The minimum absolute atomic E-state index is 0.0192. The van der Waals surface area contributed by atoms with Gasteiger partial charge in [-0.2, -0.15) is 24.3 Å². The predicted molar refractivity (Wildman–Crippen MR) is 140 cm³/mol. The van der Waals surface area contributed by atoms with Crippen LogP contribution in [0.25, 0.3) is 22.3 Å². The summed E-state index contributed by atoms with van der Waals surface area (Å²) in [7, 11) is 0. The van der Waals surface area contributed by atoms with Gasteiger partial charge in [-0.15, -0.1) is 0 Å². The standard InChI is InChI=1S/C13H10FN5O2.C11H14N6O2/c14-13-18-11(15)10-12(19-13)17-9(16-10)4-6-1-2-7-8(3-6)21-5-20-7;12-9-8-10(17-11(13)16-9)15-7(14-8)3-1-2-6-4-18-5-19-6/h1-3H,4-5H2,(H3,15,16,17,18,19);2H,1,3-5H2,(H5,12,13,14,15,16,17). The summed E-state index contributed by atoms with van der Waals surface area (Å²) in [5.74, 6) is 4.14. The van der Waals surface area contributed by atoms with E-state index in [-0.39, 0.29) is 30.0 Å². The molecule has 0 atom stereocenters. The molecule has 6 heterocycles. The average Bonchev–Trinajstić information content (AvgIpc) is 3.71. The Kier molecular flexibility index (Phi) is 6.57. The van der Waals surface area contributed by atoms with Gasteiger partial charge in [-0.25, -0.2) is 9.97 Å². The van der Waals surface area contributed by atoms with Gasteiger partial charge in [0.05, 0.1) is 0 Å². The van der Waals surface area contributed by atoms with Gasteiger partial charge in [-0.05, 0) is 30.2 Å². The van der Waals surface area contributed by atoms with E-state index < -0.39 is 6.08 Å². The van der Waals surface area contributed by atoms with E-state index >= 15 is 0 Å². The van der Waals surface area contributed by atoms with Gasteiger partial charge in [0.2, 0.25) is 12.7 Å². The van der Waals surface area contributed by atoms with Crippen LogP contribution < -0.4 is 26.7 Å². The minimum atomic E-state index is -0.877. The highest BCUT2D eigenvalue weighted by molar-refractivity contribution is 5.82. The lowest BCUT2D eigenvalue weighted by molar-refractivity contribution is 0.0799. The van der Waals surface area contributed by atoms with Crippen molar-refractivity contribution in [1.82, 2.24) is 39.9 Å². The van der Waals surface area contributed by atoms with Crippen molar-refractivity contribution in [2.24, 2.45) is 0 Å². The van der Waals surface area contributed by atoms with E-state index in [0.29, 0.717) is 48.1 Å². The molecule has 206 valence electrons. The van der Waals surface area contributed by atoms with Crippen LogP contribution in [0.2, 0.25) is 0 Å². The second-order valence-corrected chi connectivity index (χ2v) is 8.79. The second-order valence-electron chi connectivity index (χ2n) is 8.79. The van der Waals surface area contributed by atoms with E-state index in [4.69, 9.17) is 36.1 Å². The van der Waals surface area contributed by atoms with Crippen molar-refractivity contribution in [1.29, 1.82) is 0 Å². The number of hydrogen-bond donors (Lipinski definition) is 5. The molecule has 4 aromatic heterocycles. The Morgan fingerprint density at radius 2 is 1.57 bits per heavy atom. The Morgan fingerprint density at radius 3 is 2.40 bits per heavy atom. The van der Waals surface area contributed by atoms with Crippen LogP contribution in [-0.4, -0.2) is 60.1 Å². The molecule has 0 spiro atoms. The zero-order chi connectivity index (χ0) is 27.6. The molecule has 0 amide bonds. The van der Waals surface area contributed by atoms with Crippen molar-refractivity contribution >= 4 is 39.9 Å². The highest BCUT2D eigenvalue weighted by Crippen LogP contribution is 2.33. The molecule has 0 bridgehead atoms. The number of nitrogens with zero attached hydrogens (tertiary/aromatic N) is 6. The Bertz CT molecular complexity index is 1730. The molecule has 16 heteroatoms. The highest BCUT2D eigenvalue weighted by atomic mass is 19.1. The van der Waals surface area contributed by atoms with Gasteiger partial charge < -0.3 is 46.1 Å². The highest BCUT2D eigenvalue weighted by Gasteiger charge is 2.15. The Balaban J connectivity index is 0.000000145. The molecule has 1 fully saturated rings. The third kappa shape index (κ3) is 5.32. The fourth-order valence-corrected chi connectivity index (χ4v) is 4.16. The van der Waals surface area contributed by atoms with Crippen LogP contribution in [0.3, 0.4) is 0 Å². The molecule has 0 radical (unpaired) electrons. The van der Waals surface area contributed by atoms with Crippen LogP contribution in [0.4, 0.5) is 22.0 Å². The van der Waals surface area contributed by atoms with Gasteiger partial charge in [0.25, 0.3) is 0 Å². The summed E-state index contributed by atoms with van der Waals surface area (Å²) in [6.45, 7) is 1.10. The number of aromatic nitrogens is 8. The Hall–Kier alpha value is -5.25. The van der Waals surface area contributed by atoms with E-state index in [2.05, 4.69) is 39.9 Å². The van der Waals surface area contributed by atoms with Crippen molar-refractivity contribution in [3.05, 3.63) is 53.3 Å². The second kappa shape index (κ2) is 10.5. The quantitative estimate of drug-likeness (QED) is 0.197. The third-order valence-electron chi connectivity index (χ3n) is 5.96. The summed E-state index contributed by atoms with van der Waals surface area (Å²) in [6, 6.07) is 5.63. The number of anilines is 3. The summed E-state index contributed by atoms with van der Waals surface area (Å²) in [6.07, 6.45) is 3.14. The zero-order valence-electron chi connectivity index (χ0n) is 21.0. The number of imidazole rings is 2. The van der Waals surface area contributed by atoms with Crippen molar-refractivity contribution in [2.45, 2.75) is 19.3 Å². The molecule has 40 heavy (non-hydrogen) atoms. The van der Waals surface area contributed by atoms with Gasteiger partial charge in [-0.1, -0.05) is 6.07 Å². The summed E-state index contributed by atoms with van der Waals surface area (Å²) >= 11 is 0. The van der Waals surface area contributed by atoms with Crippen LogP contribution in [0.5, 0.6) is 11.5 Å². The van der Waals surface area contributed by atoms with Crippen molar-refractivity contribution in [3.8, 4) is 11.5 Å². The molecule has 5 aromatic rings. The number of H-pyrrole nitrogens is 2. The molecule has 0 unspecified atom stereocenters. The maximum Gasteiger partial charge on any atom is 0.312 e. The fourth-order valence-electron chi connectivity index (χ4n) is 4.16. The Morgan fingerprint density at radius 1 is 0.825 bits per heavy atom. The number of rotatable bonds is 5. The van der Waals surface area contributed by atoms with Crippen molar-refractivity contribution in [3.63, 3.8) is 0 Å². The maximum atomic E-state index is 13.1. The number of aromatic amines is 2. The lowest BCUT2D eigenvalue weighted by atomic mass is 10.1. The van der Waals surface area contributed by atoms with E-state index in [1.165, 1.54) is 0 Å². The summed E-state index contributed by atoms with van der Waals surface area (Å²) in [4.78, 5) is 29.7. The summed E-state index contributed by atoms with van der Waals surface area (Å²) in [5, 5.41) is 0. The van der Waals surface area contributed by atoms with E-state index in [1.54, 1.807) is 0 Å². The molecule has 15 nitrogen and oxygen atoms in total. The lowest BCUT2D eigenvalue weighted by Gasteiger charge is -2.00. The van der Waals surface area contributed by atoms with E-state index in [9.17, 15) is 4.39 Å². The molecular weight excluding hydrogens is 525 g/mol. The molecule has 0 aliphatic carbocycles. The number of nitrogens with two attached hydrogens (primary N) is 3. The van der Waals surface area contributed by atoms with E-state index in [1.807, 2.05) is 24.3 Å². The van der Waals surface area contributed by atoms with Gasteiger partial charge in [0.15, 0.2) is 46.7 Å². The maximum absolute atomic E-state index is 13.1. The SMILES string of the molecule is Nc1nc(F)nc2[nH]c(Cc3ccc4c(c3)OCO4)nc12.Nc1nc(N)c2nc(CCC=C3COCO3)[nH]c2n1. The number of hydrogen-bond acceptors (Lipinski definition) is 13. The molecule has 1 saturated heterocycles. The lowest BCUT2D eigenvalue weighted by Crippen LogP contribution is -1.99. The monoisotopic (exact) mass is 549 g/mol. The van der Waals surface area contributed by atoms with Crippen LogP contribution in [0.1, 0.15) is 23.6 Å². The summed E-state index contributed by atoms with van der Waals surface area (Å²) in [5.41, 5.74) is 19.6. The molecular formula is C24H24FN11O4. The number of nitrogen functional groups attached to an aromatic ring is 3. The largest absolute Gasteiger partial charge is 0.470 e. The molecule has 8 N–H and O–H groups in total. The fraction of sp³-hybridized carbons (Fsp3) is 0.250. The molecule has 7 rings (SSSR count). The number of fused-ring (bicyclic) bond motifs is 3. The first kappa shape index (κ1) is 25.1. The number of aryl methyl sites for hydroxylation is 1. The molecule has 2 aliphatic rings. The molecule has 1 aromatic carbocycles. The first-order valence-corrected chi connectivity index (χ1v) is 12.1. The number of halogens is 1. The normalized spacial score (nSPS) is 15.0. The number of allylic oxidation sites excluding steroid dienone is 1. The van der Waals surface area contributed by atoms with Gasteiger partial charge in [0, 0.05) is 12.8 Å². The molecule has 0 saturated carbocycles. The minimum Gasteiger partial charge on any atom is -0.470 e. The van der Waals surface area contributed by atoms with Crippen molar-refractivity contribution < 1.29 is 23.3 Å². The van der Waals surface area contributed by atoms with Crippen LogP contribution >= 0.6 is 0 Å². The first-order valence-electron chi connectivity index (χ1n) is 12.1. The smallest absolute Gasteiger partial charge is 0.312 e. The number of nitrogens with one attached hydrogen (secondary N) is 2. The topological polar surface area (TPSA) is 224 Å².